The second kappa shape index (κ2) is 10.1. The van der Waals surface area contributed by atoms with Gasteiger partial charge in [0.15, 0.2) is 0 Å². The number of ether oxygens (including phenoxy) is 1. The zero-order chi connectivity index (χ0) is 20.7. The van der Waals surface area contributed by atoms with Gasteiger partial charge < -0.3 is 19.9 Å². The Balaban J connectivity index is 1.81. The van der Waals surface area contributed by atoms with Crippen molar-refractivity contribution in [3.05, 3.63) is 29.8 Å². The molecule has 1 atom stereocenters. The van der Waals surface area contributed by atoms with Crippen molar-refractivity contribution in [1.82, 2.24) is 14.7 Å². The van der Waals surface area contributed by atoms with Gasteiger partial charge in [0.25, 0.3) is 0 Å². The summed E-state index contributed by atoms with van der Waals surface area (Å²) in [5, 5.41) is 2.80. The molecule has 1 fully saturated rings. The van der Waals surface area contributed by atoms with Gasteiger partial charge in [0.1, 0.15) is 0 Å². The van der Waals surface area contributed by atoms with Crippen molar-refractivity contribution in [3.8, 4) is 0 Å². The number of rotatable bonds is 6. The number of carbonyl (C=O) groups is 3. The lowest BCUT2D eigenvalue weighted by atomic mass is 10.2. The van der Waals surface area contributed by atoms with Gasteiger partial charge in [-0.1, -0.05) is 17.7 Å². The van der Waals surface area contributed by atoms with E-state index >= 15 is 0 Å². The Morgan fingerprint density at radius 3 is 2.32 bits per heavy atom. The van der Waals surface area contributed by atoms with Crippen LogP contribution in [0.25, 0.3) is 0 Å². The van der Waals surface area contributed by atoms with E-state index in [0.29, 0.717) is 38.5 Å². The fraction of sp³-hybridized carbons (Fsp3) is 0.550. The highest BCUT2D eigenvalue weighted by Gasteiger charge is 2.29. The van der Waals surface area contributed by atoms with E-state index in [2.05, 4.69) is 5.32 Å². The number of aryl methyl sites for hydroxylation is 1. The number of carbonyl (C=O) groups excluding carboxylic acids is 3. The van der Waals surface area contributed by atoms with E-state index in [4.69, 9.17) is 4.74 Å². The molecular weight excluding hydrogens is 360 g/mol. The Morgan fingerprint density at radius 1 is 1.14 bits per heavy atom. The van der Waals surface area contributed by atoms with Crippen molar-refractivity contribution in [2.24, 2.45) is 0 Å². The topological polar surface area (TPSA) is 82.2 Å². The smallest absolute Gasteiger partial charge is 0.409 e. The van der Waals surface area contributed by atoms with Crippen LogP contribution in [-0.2, 0) is 14.3 Å². The average molecular weight is 390 g/mol. The monoisotopic (exact) mass is 390 g/mol. The normalized spacial score (nSPS) is 15.6. The summed E-state index contributed by atoms with van der Waals surface area (Å²) in [6.07, 6.45) is -0.314. The van der Waals surface area contributed by atoms with Crippen LogP contribution in [-0.4, -0.2) is 85.0 Å². The van der Waals surface area contributed by atoms with Crippen molar-refractivity contribution >= 4 is 23.6 Å². The molecule has 0 unspecified atom stereocenters. The molecule has 3 amide bonds. The minimum Gasteiger partial charge on any atom is -0.450 e. The van der Waals surface area contributed by atoms with Crippen LogP contribution in [0.3, 0.4) is 0 Å². The summed E-state index contributed by atoms with van der Waals surface area (Å²) >= 11 is 0. The number of likely N-dealkylation sites (N-methyl/N-ethyl adjacent to an activating group) is 1. The minimum atomic E-state index is -0.360. The summed E-state index contributed by atoms with van der Waals surface area (Å²) in [7, 11) is 1.63. The second-order valence-corrected chi connectivity index (χ2v) is 7.01. The minimum absolute atomic E-state index is 0.0140. The number of piperazine rings is 1. The highest BCUT2D eigenvalue weighted by molar-refractivity contribution is 5.95. The third-order valence-electron chi connectivity index (χ3n) is 4.84. The fourth-order valence-electron chi connectivity index (χ4n) is 3.11. The van der Waals surface area contributed by atoms with Crippen LogP contribution in [0.2, 0.25) is 0 Å². The Bertz CT molecular complexity index is 684. The van der Waals surface area contributed by atoms with Crippen LogP contribution in [0.15, 0.2) is 24.3 Å². The van der Waals surface area contributed by atoms with Crippen LogP contribution >= 0.6 is 0 Å². The molecular formula is C20H30N4O4. The summed E-state index contributed by atoms with van der Waals surface area (Å²) in [5.41, 5.74) is 1.82. The molecule has 28 heavy (non-hydrogen) atoms. The van der Waals surface area contributed by atoms with Crippen molar-refractivity contribution in [1.29, 1.82) is 0 Å². The number of nitrogens with one attached hydrogen (secondary N) is 1. The largest absolute Gasteiger partial charge is 0.450 e. The van der Waals surface area contributed by atoms with E-state index in [-0.39, 0.29) is 30.5 Å². The first-order valence-corrected chi connectivity index (χ1v) is 9.59. The summed E-state index contributed by atoms with van der Waals surface area (Å²) in [5.74, 6) is -0.359. The van der Waals surface area contributed by atoms with Crippen LogP contribution in [0.1, 0.15) is 19.4 Å². The summed E-state index contributed by atoms with van der Waals surface area (Å²) in [4.78, 5) is 41.8. The molecule has 0 radical (unpaired) electrons. The number of hydrogen-bond acceptors (Lipinski definition) is 5. The molecule has 1 aliphatic heterocycles. The van der Waals surface area contributed by atoms with Gasteiger partial charge in [-0.05, 0) is 32.9 Å². The Hall–Kier alpha value is -2.61. The molecule has 8 heteroatoms. The molecule has 0 aromatic heterocycles. The summed E-state index contributed by atoms with van der Waals surface area (Å²) in [6, 6.07) is 7.15. The Labute approximate surface area is 166 Å². The molecule has 154 valence electrons. The van der Waals surface area contributed by atoms with Crippen LogP contribution in [0, 0.1) is 6.92 Å². The Kier molecular flexibility index (Phi) is 7.80. The molecule has 1 saturated heterocycles. The summed E-state index contributed by atoms with van der Waals surface area (Å²) < 4.78 is 5.01. The number of anilines is 1. The maximum Gasteiger partial charge on any atom is 0.409 e. The maximum atomic E-state index is 12.7. The first kappa shape index (κ1) is 21.7. The molecule has 1 aromatic rings. The molecule has 0 bridgehead atoms. The van der Waals surface area contributed by atoms with Crippen molar-refractivity contribution in [2.75, 3.05) is 51.7 Å². The van der Waals surface area contributed by atoms with Crippen LogP contribution in [0.5, 0.6) is 0 Å². The van der Waals surface area contributed by atoms with Gasteiger partial charge in [-0.25, -0.2) is 4.79 Å². The fourth-order valence-corrected chi connectivity index (χ4v) is 3.11. The molecule has 8 nitrogen and oxygen atoms in total. The predicted octanol–water partition coefficient (Wildman–Crippen LogP) is 1.55. The Morgan fingerprint density at radius 2 is 1.75 bits per heavy atom. The van der Waals surface area contributed by atoms with Crippen LogP contribution in [0.4, 0.5) is 10.5 Å². The number of nitrogens with zero attached hydrogens (tertiary/aromatic N) is 3. The van der Waals surface area contributed by atoms with E-state index in [1.807, 2.05) is 43.0 Å². The predicted molar refractivity (Wildman–Crippen MR) is 107 cm³/mol. The molecule has 1 N–H and O–H groups in total. The zero-order valence-corrected chi connectivity index (χ0v) is 17.1. The first-order valence-electron chi connectivity index (χ1n) is 9.59. The standard InChI is InChI=1S/C20H30N4O4/c1-5-28-20(27)24-12-10-23(11-13-24)16(3)19(26)22(4)14-18(25)21-17-8-6-15(2)7-9-17/h6-9,16H,5,10-14H2,1-4H3,(H,21,25)/t16-/m1/s1. The SMILES string of the molecule is CCOC(=O)N1CCN([C@H](C)C(=O)N(C)CC(=O)Nc2ccc(C)cc2)CC1. The van der Waals surface area contributed by atoms with E-state index in [1.165, 1.54) is 4.90 Å². The molecule has 0 spiro atoms. The highest BCUT2D eigenvalue weighted by Crippen LogP contribution is 2.11. The number of amides is 3. The van der Waals surface area contributed by atoms with Crippen molar-refractivity contribution in [3.63, 3.8) is 0 Å². The quantitative estimate of drug-likeness (QED) is 0.797. The van der Waals surface area contributed by atoms with Gasteiger partial charge in [-0.15, -0.1) is 0 Å². The van der Waals surface area contributed by atoms with Gasteiger partial charge in [0.05, 0.1) is 19.2 Å². The maximum absolute atomic E-state index is 12.7. The van der Waals surface area contributed by atoms with Crippen molar-refractivity contribution < 1.29 is 19.1 Å². The van der Waals surface area contributed by atoms with E-state index < -0.39 is 0 Å². The number of hydrogen-bond donors (Lipinski definition) is 1. The average Bonchev–Trinajstić information content (AvgIpc) is 2.68. The first-order chi connectivity index (χ1) is 13.3. The van der Waals surface area contributed by atoms with Crippen LogP contribution < -0.4 is 5.32 Å². The lowest BCUT2D eigenvalue weighted by molar-refractivity contribution is -0.138. The van der Waals surface area contributed by atoms with Gasteiger partial charge in [-0.2, -0.15) is 0 Å². The molecule has 1 heterocycles. The molecule has 1 aromatic carbocycles. The van der Waals surface area contributed by atoms with Gasteiger partial charge in [0, 0.05) is 38.9 Å². The van der Waals surface area contributed by atoms with Crippen molar-refractivity contribution in [2.45, 2.75) is 26.8 Å². The lowest BCUT2D eigenvalue weighted by Crippen LogP contribution is -2.55. The molecule has 0 aliphatic carbocycles. The summed E-state index contributed by atoms with van der Waals surface area (Å²) in [6.45, 7) is 8.15. The number of benzene rings is 1. The second-order valence-electron chi connectivity index (χ2n) is 7.01. The molecule has 0 saturated carbocycles. The van der Waals surface area contributed by atoms with Gasteiger partial charge >= 0.3 is 6.09 Å². The lowest BCUT2D eigenvalue weighted by Gasteiger charge is -2.37. The molecule has 1 aliphatic rings. The molecule has 2 rings (SSSR count). The highest BCUT2D eigenvalue weighted by atomic mass is 16.6. The van der Waals surface area contributed by atoms with E-state index in [0.717, 1.165) is 5.56 Å². The zero-order valence-electron chi connectivity index (χ0n) is 17.1. The van der Waals surface area contributed by atoms with E-state index in [9.17, 15) is 14.4 Å². The third kappa shape index (κ3) is 5.95. The van der Waals surface area contributed by atoms with E-state index in [1.54, 1.807) is 18.9 Å². The van der Waals surface area contributed by atoms with Gasteiger partial charge in [0.2, 0.25) is 11.8 Å². The third-order valence-corrected chi connectivity index (χ3v) is 4.84. The van der Waals surface area contributed by atoms with Gasteiger partial charge in [-0.3, -0.25) is 14.5 Å².